The number of aliphatic hydroxyl groups is 1. The Kier molecular flexibility index (Phi) is 3.44. The number of carbonyl (C=O) groups excluding carboxylic acids is 1. The van der Waals surface area contributed by atoms with E-state index in [0.717, 1.165) is 18.7 Å². The van der Waals surface area contributed by atoms with Gasteiger partial charge in [0, 0.05) is 18.8 Å². The molecule has 1 amide bonds. The van der Waals surface area contributed by atoms with Gasteiger partial charge in [0.25, 0.3) is 5.91 Å². The molecule has 104 valence electrons. The third-order valence-corrected chi connectivity index (χ3v) is 3.24. The van der Waals surface area contributed by atoms with Gasteiger partial charge in [0.1, 0.15) is 0 Å². The first kappa shape index (κ1) is 12.8. The molecule has 7 nitrogen and oxygen atoms in total. The molecule has 7 heteroatoms. The van der Waals surface area contributed by atoms with Gasteiger partial charge in [-0.3, -0.25) is 4.79 Å². The van der Waals surface area contributed by atoms with Gasteiger partial charge in [-0.15, -0.1) is 5.10 Å². The maximum Gasteiger partial charge on any atom is 0.277 e. The minimum Gasteiger partial charge on any atom is -0.392 e. The number of aliphatic hydroxyl groups excluding tert-OH is 1. The van der Waals surface area contributed by atoms with Gasteiger partial charge >= 0.3 is 0 Å². The number of amides is 1. The molecular weight excluding hydrogens is 258 g/mol. The Bertz CT molecular complexity index is 621. The summed E-state index contributed by atoms with van der Waals surface area (Å²) in [4.78, 5) is 12.1. The Morgan fingerprint density at radius 3 is 3.05 bits per heavy atom. The highest BCUT2D eigenvalue weighted by atomic mass is 16.3. The molecule has 1 fully saturated rings. The third-order valence-electron chi connectivity index (χ3n) is 3.24. The minimum absolute atomic E-state index is 0.0609. The topological polar surface area (TPSA) is 92.1 Å². The highest BCUT2D eigenvalue weighted by Crippen LogP contribution is 2.13. The molecule has 0 saturated carbocycles. The van der Waals surface area contributed by atoms with Gasteiger partial charge < -0.3 is 15.7 Å². The smallest absolute Gasteiger partial charge is 0.277 e. The zero-order valence-corrected chi connectivity index (χ0v) is 10.8. The van der Waals surface area contributed by atoms with Gasteiger partial charge in [0.05, 0.1) is 18.8 Å². The molecule has 1 aliphatic rings. The fraction of sp³-hybridized carbons (Fsp3) is 0.308. The van der Waals surface area contributed by atoms with Crippen molar-refractivity contribution in [2.75, 3.05) is 18.4 Å². The quantitative estimate of drug-likeness (QED) is 0.738. The molecule has 3 N–H and O–H groups in total. The number of rotatable bonds is 4. The van der Waals surface area contributed by atoms with E-state index in [9.17, 15) is 4.79 Å². The summed E-state index contributed by atoms with van der Waals surface area (Å²) in [6.07, 6.45) is 1.65. The molecule has 0 atom stereocenters. The van der Waals surface area contributed by atoms with E-state index < -0.39 is 0 Å². The standard InChI is InChI=1S/C13H15N5O2/c19-8-9-2-1-3-10(4-9)15-13(20)12-7-18(17-16-12)11-5-14-6-11/h1-4,7,11,14,19H,5-6,8H2,(H,15,20). The summed E-state index contributed by atoms with van der Waals surface area (Å²) in [5.41, 5.74) is 1.65. The van der Waals surface area contributed by atoms with E-state index in [4.69, 9.17) is 5.11 Å². The molecule has 3 rings (SSSR count). The predicted molar refractivity (Wildman–Crippen MR) is 72.2 cm³/mol. The van der Waals surface area contributed by atoms with Gasteiger partial charge in [-0.25, -0.2) is 4.68 Å². The molecule has 0 unspecified atom stereocenters. The lowest BCUT2D eigenvalue weighted by Crippen LogP contribution is -2.43. The van der Waals surface area contributed by atoms with Gasteiger partial charge in [-0.2, -0.15) is 0 Å². The van der Waals surface area contributed by atoms with E-state index in [0.29, 0.717) is 5.69 Å². The zero-order valence-electron chi connectivity index (χ0n) is 10.8. The largest absolute Gasteiger partial charge is 0.392 e. The van der Waals surface area contributed by atoms with Gasteiger partial charge in [0.2, 0.25) is 0 Å². The van der Waals surface area contributed by atoms with Crippen molar-refractivity contribution in [3.63, 3.8) is 0 Å². The maximum atomic E-state index is 12.1. The number of carbonyl (C=O) groups is 1. The number of anilines is 1. The van der Waals surface area contributed by atoms with Crippen LogP contribution in [0.15, 0.2) is 30.5 Å². The molecule has 2 aromatic rings. The Balaban J connectivity index is 1.70. The predicted octanol–water partition coefficient (Wildman–Crippen LogP) is 0.167. The average Bonchev–Trinajstić information content (AvgIpc) is 2.86. The Hall–Kier alpha value is -2.25. The number of hydrogen-bond acceptors (Lipinski definition) is 5. The summed E-state index contributed by atoms with van der Waals surface area (Å²) in [7, 11) is 0. The molecule has 1 aromatic carbocycles. The number of hydrogen-bond donors (Lipinski definition) is 3. The van der Waals surface area contributed by atoms with Crippen LogP contribution in [0.1, 0.15) is 22.1 Å². The third kappa shape index (κ3) is 2.54. The fourth-order valence-electron chi connectivity index (χ4n) is 1.96. The van der Waals surface area contributed by atoms with Gasteiger partial charge in [0.15, 0.2) is 5.69 Å². The molecule has 2 heterocycles. The maximum absolute atomic E-state index is 12.1. The van der Waals surface area contributed by atoms with Crippen LogP contribution in [0.5, 0.6) is 0 Å². The second-order valence-electron chi connectivity index (χ2n) is 4.71. The molecule has 0 aliphatic carbocycles. The van der Waals surface area contributed by atoms with Gasteiger partial charge in [-0.05, 0) is 17.7 Å². The first-order valence-electron chi connectivity index (χ1n) is 6.40. The molecule has 1 saturated heterocycles. The van der Waals surface area contributed by atoms with Crippen LogP contribution in [0.2, 0.25) is 0 Å². The van der Waals surface area contributed by atoms with Crippen LogP contribution >= 0.6 is 0 Å². The second kappa shape index (κ2) is 5.40. The SMILES string of the molecule is O=C(Nc1cccc(CO)c1)c1cn(C2CNC2)nn1. The molecular formula is C13H15N5O2. The second-order valence-corrected chi connectivity index (χ2v) is 4.71. The first-order valence-corrected chi connectivity index (χ1v) is 6.40. The first-order chi connectivity index (χ1) is 9.76. The average molecular weight is 273 g/mol. The Morgan fingerprint density at radius 2 is 2.35 bits per heavy atom. The summed E-state index contributed by atoms with van der Waals surface area (Å²) in [6.45, 7) is 1.64. The summed E-state index contributed by atoms with van der Waals surface area (Å²) in [6, 6.07) is 7.32. The van der Waals surface area contributed by atoms with E-state index in [1.54, 1.807) is 35.1 Å². The Labute approximate surface area is 115 Å². The normalized spacial score (nSPS) is 14.8. The van der Waals surface area contributed by atoms with Gasteiger partial charge in [-0.1, -0.05) is 17.3 Å². The van der Waals surface area contributed by atoms with Crippen molar-refractivity contribution >= 4 is 11.6 Å². The Morgan fingerprint density at radius 1 is 1.50 bits per heavy atom. The van der Waals surface area contributed by atoms with Crippen LogP contribution in [-0.4, -0.2) is 39.1 Å². The lowest BCUT2D eigenvalue weighted by atomic mass is 10.2. The summed E-state index contributed by atoms with van der Waals surface area (Å²) < 4.78 is 1.70. The van der Waals surface area contributed by atoms with Crippen molar-refractivity contribution in [1.82, 2.24) is 20.3 Å². The molecule has 1 aromatic heterocycles. The van der Waals surface area contributed by atoms with Crippen LogP contribution in [0.25, 0.3) is 0 Å². The van der Waals surface area contributed by atoms with E-state index >= 15 is 0 Å². The number of nitrogens with one attached hydrogen (secondary N) is 2. The minimum atomic E-state index is -0.307. The lowest BCUT2D eigenvalue weighted by Gasteiger charge is -2.26. The van der Waals surface area contributed by atoms with E-state index in [1.165, 1.54) is 0 Å². The summed E-state index contributed by atoms with van der Waals surface area (Å²) in [5.74, 6) is -0.307. The number of benzene rings is 1. The molecule has 1 aliphatic heterocycles. The van der Waals surface area contributed by atoms with Crippen LogP contribution in [-0.2, 0) is 6.61 Å². The lowest BCUT2D eigenvalue weighted by molar-refractivity contribution is 0.102. The number of nitrogens with zero attached hydrogens (tertiary/aromatic N) is 3. The summed E-state index contributed by atoms with van der Waals surface area (Å²) in [5, 5.41) is 22.8. The van der Waals surface area contributed by atoms with E-state index in [1.807, 2.05) is 0 Å². The van der Waals surface area contributed by atoms with Crippen molar-refractivity contribution < 1.29 is 9.90 Å². The fourth-order valence-corrected chi connectivity index (χ4v) is 1.96. The number of aromatic nitrogens is 3. The zero-order chi connectivity index (χ0) is 13.9. The van der Waals surface area contributed by atoms with E-state index in [-0.39, 0.29) is 24.2 Å². The van der Waals surface area contributed by atoms with Crippen molar-refractivity contribution in [3.8, 4) is 0 Å². The highest BCUT2D eigenvalue weighted by Gasteiger charge is 2.21. The summed E-state index contributed by atoms with van der Waals surface area (Å²) >= 11 is 0. The van der Waals surface area contributed by atoms with Crippen molar-refractivity contribution in [3.05, 3.63) is 41.7 Å². The van der Waals surface area contributed by atoms with Crippen LogP contribution < -0.4 is 10.6 Å². The molecule has 0 bridgehead atoms. The molecule has 20 heavy (non-hydrogen) atoms. The van der Waals surface area contributed by atoms with Crippen molar-refractivity contribution in [2.24, 2.45) is 0 Å². The van der Waals surface area contributed by atoms with Crippen molar-refractivity contribution in [1.29, 1.82) is 0 Å². The van der Waals surface area contributed by atoms with Crippen LogP contribution in [0.4, 0.5) is 5.69 Å². The molecule has 0 spiro atoms. The van der Waals surface area contributed by atoms with Crippen molar-refractivity contribution in [2.45, 2.75) is 12.6 Å². The molecule has 0 radical (unpaired) electrons. The highest BCUT2D eigenvalue weighted by molar-refractivity contribution is 6.02. The van der Waals surface area contributed by atoms with Crippen LogP contribution in [0.3, 0.4) is 0 Å². The monoisotopic (exact) mass is 273 g/mol. The van der Waals surface area contributed by atoms with Crippen LogP contribution in [0, 0.1) is 0 Å². The van der Waals surface area contributed by atoms with E-state index in [2.05, 4.69) is 20.9 Å².